The van der Waals surface area contributed by atoms with Crippen LogP contribution < -0.4 is 34.7 Å². The van der Waals surface area contributed by atoms with Crippen LogP contribution in [0.1, 0.15) is 13.8 Å². The number of carboxylic acid groups (broad SMARTS) is 1. The van der Waals surface area contributed by atoms with Crippen molar-refractivity contribution in [1.29, 1.82) is 0 Å². The molecule has 1 aromatic rings. The van der Waals surface area contributed by atoms with Gasteiger partial charge in [0.2, 0.25) is 5.91 Å². The van der Waals surface area contributed by atoms with Crippen LogP contribution in [0.25, 0.3) is 0 Å². The zero-order valence-corrected chi connectivity index (χ0v) is 16.6. The van der Waals surface area contributed by atoms with E-state index >= 15 is 0 Å². The SMILES string of the molecule is C[C@@H](O)[C@H]1C(=O)N2C(C(=O)[O-])=C(CSc3ccccn3)[C@H](C)[C@H]12.[Na+]. The van der Waals surface area contributed by atoms with Crippen molar-refractivity contribution < 1.29 is 49.4 Å². The van der Waals surface area contributed by atoms with Crippen molar-refractivity contribution in [3.05, 3.63) is 35.7 Å². The molecule has 3 rings (SSSR count). The number of aromatic nitrogens is 1. The molecule has 0 radical (unpaired) electrons. The summed E-state index contributed by atoms with van der Waals surface area (Å²) in [6, 6.07) is 5.23. The number of hydrogen-bond acceptors (Lipinski definition) is 6. The number of aliphatic carboxylic acids is 1. The molecule has 3 heterocycles. The second-order valence-electron chi connectivity index (χ2n) is 5.87. The standard InChI is InChI=1S/C16H18N2O4S.Na/c1-8-10(7-23-11-5-3-4-6-17-11)14(16(21)22)18-13(8)12(9(2)19)15(18)20;/h3-6,8-9,12-13,19H,7H2,1-2H3,(H,21,22);/q;+1/p-1/t8-,9+,12+,13+;/m0./s1. The summed E-state index contributed by atoms with van der Waals surface area (Å²) in [6.07, 6.45) is 0.881. The summed E-state index contributed by atoms with van der Waals surface area (Å²) in [5.74, 6) is -1.93. The molecule has 0 unspecified atom stereocenters. The number of aliphatic hydroxyl groups is 1. The molecule has 0 saturated carbocycles. The number of thioether (sulfide) groups is 1. The molecule has 1 saturated heterocycles. The van der Waals surface area contributed by atoms with E-state index < -0.39 is 18.0 Å². The fourth-order valence-electron chi connectivity index (χ4n) is 3.41. The smallest absolute Gasteiger partial charge is 0.543 e. The number of hydrogen-bond donors (Lipinski definition) is 1. The van der Waals surface area contributed by atoms with E-state index in [1.807, 2.05) is 25.1 Å². The third-order valence-corrected chi connectivity index (χ3v) is 5.51. The van der Waals surface area contributed by atoms with Crippen molar-refractivity contribution in [3.63, 3.8) is 0 Å². The number of rotatable bonds is 5. The number of amides is 1. The molecule has 0 aromatic carbocycles. The minimum atomic E-state index is -1.34. The molecule has 1 amide bonds. The Morgan fingerprint density at radius 2 is 2.21 bits per heavy atom. The fourth-order valence-corrected chi connectivity index (χ4v) is 4.42. The summed E-state index contributed by atoms with van der Waals surface area (Å²) in [5.41, 5.74) is 0.634. The van der Waals surface area contributed by atoms with Crippen molar-refractivity contribution >= 4 is 23.6 Å². The normalized spacial score (nSPS) is 26.5. The van der Waals surface area contributed by atoms with Crippen LogP contribution in [0.2, 0.25) is 0 Å². The number of carboxylic acids is 1. The van der Waals surface area contributed by atoms with Crippen molar-refractivity contribution in [1.82, 2.24) is 9.88 Å². The van der Waals surface area contributed by atoms with Gasteiger partial charge < -0.3 is 19.9 Å². The first-order valence-electron chi connectivity index (χ1n) is 7.42. The predicted octanol–water partition coefficient (Wildman–Crippen LogP) is -2.96. The summed E-state index contributed by atoms with van der Waals surface area (Å²) in [4.78, 5) is 29.2. The van der Waals surface area contributed by atoms with Crippen LogP contribution in [0, 0.1) is 11.8 Å². The molecule has 4 atom stereocenters. The summed E-state index contributed by atoms with van der Waals surface area (Å²) >= 11 is 1.42. The van der Waals surface area contributed by atoms with Crippen molar-refractivity contribution in [2.24, 2.45) is 11.8 Å². The molecule has 24 heavy (non-hydrogen) atoms. The van der Waals surface area contributed by atoms with Gasteiger partial charge in [-0.3, -0.25) is 4.79 Å². The Kier molecular flexibility index (Phi) is 6.14. The zero-order chi connectivity index (χ0) is 16.7. The molecule has 6 nitrogen and oxygen atoms in total. The second-order valence-corrected chi connectivity index (χ2v) is 6.87. The summed E-state index contributed by atoms with van der Waals surface area (Å²) < 4.78 is 0. The minimum absolute atomic E-state index is 0. The first kappa shape index (κ1) is 19.5. The molecule has 122 valence electrons. The van der Waals surface area contributed by atoms with Crippen LogP contribution in [0.3, 0.4) is 0 Å². The summed E-state index contributed by atoms with van der Waals surface area (Å²) in [6.45, 7) is 3.45. The molecular formula is C16H17N2NaO4S. The van der Waals surface area contributed by atoms with Gasteiger partial charge in [-0.1, -0.05) is 13.0 Å². The van der Waals surface area contributed by atoms with Crippen molar-refractivity contribution in [2.45, 2.75) is 31.0 Å². The fraction of sp³-hybridized carbons (Fsp3) is 0.438. The van der Waals surface area contributed by atoms with Crippen LogP contribution in [0.4, 0.5) is 0 Å². The van der Waals surface area contributed by atoms with Crippen LogP contribution >= 0.6 is 11.8 Å². The van der Waals surface area contributed by atoms with Gasteiger partial charge >= 0.3 is 29.6 Å². The number of nitrogens with zero attached hydrogens (tertiary/aromatic N) is 2. The van der Waals surface area contributed by atoms with Crippen LogP contribution in [-0.4, -0.2) is 44.8 Å². The Morgan fingerprint density at radius 3 is 2.75 bits per heavy atom. The maximum absolute atomic E-state index is 12.2. The molecule has 1 aromatic heterocycles. The zero-order valence-electron chi connectivity index (χ0n) is 13.8. The average molecular weight is 356 g/mol. The van der Waals surface area contributed by atoms with Crippen molar-refractivity contribution in [2.75, 3.05) is 5.75 Å². The third-order valence-electron chi connectivity index (χ3n) is 4.52. The molecule has 0 aliphatic carbocycles. The third kappa shape index (κ3) is 3.15. The molecule has 0 bridgehead atoms. The maximum Gasteiger partial charge on any atom is 1.00 e. The molecule has 2 aliphatic rings. The van der Waals surface area contributed by atoms with Gasteiger partial charge in [0, 0.05) is 17.9 Å². The maximum atomic E-state index is 12.2. The Morgan fingerprint density at radius 1 is 1.50 bits per heavy atom. The molecule has 1 fully saturated rings. The van der Waals surface area contributed by atoms with E-state index in [0.29, 0.717) is 11.3 Å². The van der Waals surface area contributed by atoms with Crippen molar-refractivity contribution in [3.8, 4) is 0 Å². The number of aliphatic hydroxyl groups excluding tert-OH is 1. The van der Waals surface area contributed by atoms with E-state index in [4.69, 9.17) is 0 Å². The number of fused-ring (bicyclic) bond motifs is 1. The van der Waals surface area contributed by atoms with Gasteiger partial charge in [0.15, 0.2) is 0 Å². The van der Waals surface area contributed by atoms with Gasteiger partial charge in [-0.05, 0) is 24.6 Å². The number of carbonyl (C=O) groups excluding carboxylic acids is 2. The first-order chi connectivity index (χ1) is 10.9. The molecule has 1 N–H and O–H groups in total. The van der Waals surface area contributed by atoms with Gasteiger partial charge in [-0.2, -0.15) is 0 Å². The largest absolute Gasteiger partial charge is 1.00 e. The van der Waals surface area contributed by atoms with Gasteiger partial charge in [-0.15, -0.1) is 11.8 Å². The van der Waals surface area contributed by atoms with Gasteiger partial charge in [0.1, 0.15) is 0 Å². The van der Waals surface area contributed by atoms with Gasteiger partial charge in [-0.25, -0.2) is 4.98 Å². The van der Waals surface area contributed by atoms with E-state index in [1.165, 1.54) is 16.7 Å². The summed E-state index contributed by atoms with van der Waals surface area (Å²) in [7, 11) is 0. The Balaban J connectivity index is 0.00000208. The Labute approximate surface area is 166 Å². The molecule has 0 spiro atoms. The predicted molar refractivity (Wildman–Crippen MR) is 82.0 cm³/mol. The van der Waals surface area contributed by atoms with E-state index in [1.54, 1.807) is 13.1 Å². The Hall–Kier alpha value is -0.860. The second kappa shape index (κ2) is 7.58. The van der Waals surface area contributed by atoms with Gasteiger partial charge in [0.05, 0.1) is 34.8 Å². The van der Waals surface area contributed by atoms with Crippen LogP contribution in [0.5, 0.6) is 0 Å². The van der Waals surface area contributed by atoms with E-state index in [9.17, 15) is 19.8 Å². The first-order valence-corrected chi connectivity index (χ1v) is 8.41. The molecular weight excluding hydrogens is 339 g/mol. The van der Waals surface area contributed by atoms with E-state index in [-0.39, 0.29) is 53.1 Å². The molecule has 8 heteroatoms. The summed E-state index contributed by atoms with van der Waals surface area (Å²) in [5, 5.41) is 22.1. The monoisotopic (exact) mass is 356 g/mol. The minimum Gasteiger partial charge on any atom is -0.543 e. The topological polar surface area (TPSA) is 93.6 Å². The average Bonchev–Trinajstić information content (AvgIpc) is 2.75. The van der Waals surface area contributed by atoms with E-state index in [0.717, 1.165) is 5.03 Å². The van der Waals surface area contributed by atoms with Gasteiger partial charge in [0.25, 0.3) is 0 Å². The van der Waals surface area contributed by atoms with E-state index in [2.05, 4.69) is 4.98 Å². The number of β-lactam (4-membered cyclic amide) rings is 1. The van der Waals surface area contributed by atoms with Crippen LogP contribution in [0.15, 0.2) is 40.7 Å². The number of pyridine rings is 1. The quantitative estimate of drug-likeness (QED) is 0.344. The number of carbonyl (C=O) groups is 2. The molecule has 2 aliphatic heterocycles. The van der Waals surface area contributed by atoms with Crippen LogP contribution in [-0.2, 0) is 9.59 Å². The Bertz CT molecular complexity index is 680.